The second kappa shape index (κ2) is 9.05. The summed E-state index contributed by atoms with van der Waals surface area (Å²) in [5, 5.41) is 4.16. The molecule has 0 radical (unpaired) electrons. The first kappa shape index (κ1) is 21.9. The first-order valence-corrected chi connectivity index (χ1v) is 11.8. The average molecular weight is 457 g/mol. The van der Waals surface area contributed by atoms with Gasteiger partial charge in [-0.15, -0.1) is 0 Å². The zero-order valence-corrected chi connectivity index (χ0v) is 18.7. The fraction of sp³-hybridized carbons (Fsp3) is 0.333. The van der Waals surface area contributed by atoms with Crippen molar-refractivity contribution in [1.82, 2.24) is 18.8 Å². The maximum atomic E-state index is 12.6. The number of sulfonamides is 1. The van der Waals surface area contributed by atoms with E-state index in [1.54, 1.807) is 24.4 Å². The Balaban J connectivity index is 1.67. The largest absolute Gasteiger partial charge is 0.491 e. The molecule has 3 aromatic rings. The van der Waals surface area contributed by atoms with Crippen LogP contribution in [0.15, 0.2) is 47.7 Å². The van der Waals surface area contributed by atoms with Crippen LogP contribution in [0.4, 0.5) is 5.82 Å². The number of para-hydroxylation sites is 1. The highest BCUT2D eigenvalue weighted by Gasteiger charge is 2.19. The third-order valence-electron chi connectivity index (χ3n) is 5.08. The Morgan fingerprint density at radius 1 is 1.28 bits per heavy atom. The topological polar surface area (TPSA) is 119 Å². The molecular formula is C21H24N6O4S. The number of hydrogen-bond donors (Lipinski definition) is 1. The van der Waals surface area contributed by atoms with E-state index in [4.69, 9.17) is 4.74 Å². The van der Waals surface area contributed by atoms with E-state index in [1.807, 2.05) is 16.7 Å². The lowest BCUT2D eigenvalue weighted by molar-refractivity contribution is 0.0996. The molecule has 0 saturated heterocycles. The van der Waals surface area contributed by atoms with Crippen LogP contribution >= 0.6 is 0 Å². The van der Waals surface area contributed by atoms with E-state index in [0.29, 0.717) is 36.3 Å². The summed E-state index contributed by atoms with van der Waals surface area (Å²) in [5.41, 5.74) is 1.21. The lowest BCUT2D eigenvalue weighted by Gasteiger charge is -2.13. The monoisotopic (exact) mass is 456 g/mol. The maximum absolute atomic E-state index is 12.6. The van der Waals surface area contributed by atoms with Crippen LogP contribution in [-0.4, -0.2) is 66.2 Å². The van der Waals surface area contributed by atoms with Gasteiger partial charge in [0, 0.05) is 45.0 Å². The SMILES string of the molecule is CN(C)S(=O)(=O)CCCOc1cccc2c3n(c(=NC(=O)c4cccnc4)nc12)CCN3. The van der Waals surface area contributed by atoms with Crippen LogP contribution in [0.25, 0.3) is 10.9 Å². The molecule has 10 nitrogen and oxygen atoms in total. The van der Waals surface area contributed by atoms with Crippen LogP contribution < -0.4 is 15.7 Å². The van der Waals surface area contributed by atoms with Gasteiger partial charge in [-0.2, -0.15) is 4.99 Å². The summed E-state index contributed by atoms with van der Waals surface area (Å²) in [7, 11) is -0.267. The molecular weight excluding hydrogens is 432 g/mol. The van der Waals surface area contributed by atoms with E-state index in [0.717, 1.165) is 11.2 Å². The number of aromatic nitrogens is 3. The standard InChI is InChI=1S/C21H24N6O4S/c1-26(2)32(29,30)13-5-12-31-17-8-3-7-16-18(17)24-21(27-11-10-23-19(16)27)25-20(28)15-6-4-9-22-14-15/h3-4,6-9,14,23H,5,10-13H2,1-2H3. The normalized spacial score (nSPS) is 13.9. The van der Waals surface area contributed by atoms with E-state index in [-0.39, 0.29) is 18.0 Å². The number of pyridine rings is 1. The van der Waals surface area contributed by atoms with Gasteiger partial charge in [-0.3, -0.25) is 14.3 Å². The first-order chi connectivity index (χ1) is 15.4. The number of amides is 1. The number of rotatable bonds is 7. The third kappa shape index (κ3) is 4.48. The van der Waals surface area contributed by atoms with Crippen molar-refractivity contribution >= 4 is 32.7 Å². The molecule has 0 atom stereocenters. The third-order valence-corrected chi connectivity index (χ3v) is 6.99. The number of carbonyl (C=O) groups excluding carboxylic acids is 1. The van der Waals surface area contributed by atoms with E-state index < -0.39 is 15.9 Å². The minimum Gasteiger partial charge on any atom is -0.491 e. The van der Waals surface area contributed by atoms with Gasteiger partial charge in [0.2, 0.25) is 15.6 Å². The van der Waals surface area contributed by atoms with Gasteiger partial charge in [-0.25, -0.2) is 17.7 Å². The van der Waals surface area contributed by atoms with Gasteiger partial charge in [-0.1, -0.05) is 6.07 Å². The molecule has 3 heterocycles. The fourth-order valence-electron chi connectivity index (χ4n) is 3.38. The van der Waals surface area contributed by atoms with Crippen molar-refractivity contribution in [3.8, 4) is 5.75 Å². The molecule has 0 bridgehead atoms. The molecule has 1 amide bonds. The van der Waals surface area contributed by atoms with Gasteiger partial charge in [0.1, 0.15) is 17.1 Å². The van der Waals surface area contributed by atoms with Crippen LogP contribution in [0, 0.1) is 0 Å². The van der Waals surface area contributed by atoms with Crippen molar-refractivity contribution in [1.29, 1.82) is 0 Å². The van der Waals surface area contributed by atoms with E-state index in [9.17, 15) is 13.2 Å². The van der Waals surface area contributed by atoms with Gasteiger partial charge in [0.05, 0.1) is 17.9 Å². The highest BCUT2D eigenvalue weighted by atomic mass is 32.2. The molecule has 0 saturated carbocycles. The van der Waals surface area contributed by atoms with Gasteiger partial charge in [-0.05, 0) is 30.7 Å². The van der Waals surface area contributed by atoms with Gasteiger partial charge < -0.3 is 10.1 Å². The Morgan fingerprint density at radius 3 is 2.88 bits per heavy atom. The van der Waals surface area contributed by atoms with Gasteiger partial charge in [0.25, 0.3) is 5.91 Å². The molecule has 0 spiro atoms. The molecule has 1 aromatic carbocycles. The van der Waals surface area contributed by atoms with Crippen molar-refractivity contribution in [3.05, 3.63) is 53.9 Å². The first-order valence-electron chi connectivity index (χ1n) is 10.2. The van der Waals surface area contributed by atoms with Crippen LogP contribution in [0.1, 0.15) is 16.8 Å². The Kier molecular flexibility index (Phi) is 6.19. The number of hydrogen-bond acceptors (Lipinski definition) is 7. The lowest BCUT2D eigenvalue weighted by atomic mass is 10.2. The summed E-state index contributed by atoms with van der Waals surface area (Å²) < 4.78 is 32.8. The summed E-state index contributed by atoms with van der Waals surface area (Å²) in [6, 6.07) is 8.88. The zero-order valence-electron chi connectivity index (χ0n) is 17.9. The van der Waals surface area contributed by atoms with Crippen LogP contribution in [0.5, 0.6) is 5.75 Å². The van der Waals surface area contributed by atoms with Crippen molar-refractivity contribution in [2.75, 3.05) is 38.3 Å². The number of ether oxygens (including phenoxy) is 1. The minimum absolute atomic E-state index is 0.00873. The van der Waals surface area contributed by atoms with Crippen molar-refractivity contribution < 1.29 is 17.9 Å². The number of nitrogens with zero attached hydrogens (tertiary/aromatic N) is 5. The Hall–Kier alpha value is -3.31. The number of fused-ring (bicyclic) bond motifs is 3. The number of benzene rings is 1. The number of anilines is 1. The average Bonchev–Trinajstić information content (AvgIpc) is 3.28. The van der Waals surface area contributed by atoms with Crippen LogP contribution in [-0.2, 0) is 16.6 Å². The summed E-state index contributed by atoms with van der Waals surface area (Å²) in [6.45, 7) is 1.54. The Bertz CT molecular complexity index is 1320. The zero-order chi connectivity index (χ0) is 22.7. The lowest BCUT2D eigenvalue weighted by Crippen LogP contribution is -2.26. The molecule has 11 heteroatoms. The van der Waals surface area contributed by atoms with Crippen molar-refractivity contribution in [2.45, 2.75) is 13.0 Å². The molecule has 1 aliphatic rings. The second-order valence-corrected chi connectivity index (χ2v) is 9.75. The van der Waals surface area contributed by atoms with Gasteiger partial charge in [0.15, 0.2) is 0 Å². The summed E-state index contributed by atoms with van der Waals surface area (Å²) in [6.07, 6.45) is 3.40. The minimum atomic E-state index is -3.28. The molecule has 1 aliphatic heterocycles. The second-order valence-electron chi connectivity index (χ2n) is 7.45. The number of nitrogens with one attached hydrogen (secondary N) is 1. The van der Waals surface area contributed by atoms with E-state index in [1.165, 1.54) is 24.6 Å². The molecule has 0 fully saturated rings. The quantitative estimate of drug-likeness (QED) is 0.532. The molecule has 0 aliphatic carbocycles. The van der Waals surface area contributed by atoms with Gasteiger partial charge >= 0.3 is 0 Å². The molecule has 0 unspecified atom stereocenters. The van der Waals surface area contributed by atoms with E-state index >= 15 is 0 Å². The molecule has 4 rings (SSSR count). The molecule has 1 N–H and O–H groups in total. The predicted octanol–water partition coefficient (Wildman–Crippen LogP) is 1.26. The fourth-order valence-corrected chi connectivity index (χ4v) is 4.22. The summed E-state index contributed by atoms with van der Waals surface area (Å²) >= 11 is 0. The highest BCUT2D eigenvalue weighted by Crippen LogP contribution is 2.29. The predicted molar refractivity (Wildman–Crippen MR) is 120 cm³/mol. The summed E-state index contributed by atoms with van der Waals surface area (Å²) in [5.74, 6) is 0.880. The van der Waals surface area contributed by atoms with Crippen molar-refractivity contribution in [3.63, 3.8) is 0 Å². The smallest absolute Gasteiger partial charge is 0.281 e. The van der Waals surface area contributed by atoms with Crippen LogP contribution in [0.2, 0.25) is 0 Å². The summed E-state index contributed by atoms with van der Waals surface area (Å²) in [4.78, 5) is 25.5. The molecule has 2 aromatic heterocycles. The highest BCUT2D eigenvalue weighted by molar-refractivity contribution is 7.89. The Morgan fingerprint density at radius 2 is 2.12 bits per heavy atom. The number of carbonyl (C=O) groups is 1. The Labute approximate surface area is 185 Å². The van der Waals surface area contributed by atoms with Crippen LogP contribution in [0.3, 0.4) is 0 Å². The van der Waals surface area contributed by atoms with E-state index in [2.05, 4.69) is 20.3 Å². The molecule has 32 heavy (non-hydrogen) atoms. The molecule has 168 valence electrons. The van der Waals surface area contributed by atoms with Crippen molar-refractivity contribution in [2.24, 2.45) is 4.99 Å². The maximum Gasteiger partial charge on any atom is 0.281 e.